The number of fused-ring (bicyclic) bond motifs is 1. The molecule has 0 aromatic heterocycles. The van der Waals surface area contributed by atoms with Crippen LogP contribution in [0.4, 0.5) is 0 Å². The summed E-state index contributed by atoms with van der Waals surface area (Å²) in [5.74, 6) is 3.65. The van der Waals surface area contributed by atoms with Crippen LogP contribution in [0.5, 0.6) is 17.2 Å². The lowest BCUT2D eigenvalue weighted by Gasteiger charge is -2.34. The van der Waals surface area contributed by atoms with Crippen molar-refractivity contribution in [3.8, 4) is 23.3 Å². The number of ether oxygens (including phenoxy) is 3. The first-order valence-electron chi connectivity index (χ1n) is 9.46. The molecule has 4 rings (SSSR count). The Morgan fingerprint density at radius 2 is 1.74 bits per heavy atom. The van der Waals surface area contributed by atoms with Crippen LogP contribution in [-0.2, 0) is 5.41 Å². The second kappa shape index (κ2) is 7.18. The molecule has 0 atom stereocenters. The van der Waals surface area contributed by atoms with Gasteiger partial charge in [0, 0.05) is 23.6 Å². The van der Waals surface area contributed by atoms with E-state index in [4.69, 9.17) is 14.2 Å². The monoisotopic (exact) mass is 403 g/mol. The van der Waals surface area contributed by atoms with Gasteiger partial charge in [-0.2, -0.15) is 5.26 Å². The maximum atomic E-state index is 10.2. The molecule has 1 aromatic rings. The number of methoxy groups -OCH3 is 1. The third-order valence-corrected chi connectivity index (χ3v) is 8.27. The number of rotatable bonds is 2. The van der Waals surface area contributed by atoms with E-state index in [9.17, 15) is 5.26 Å². The lowest BCUT2D eigenvalue weighted by molar-refractivity contribution is -0.0445. The molecule has 0 bridgehead atoms. The molecule has 1 saturated heterocycles. The van der Waals surface area contributed by atoms with Gasteiger partial charge in [-0.1, -0.05) is 5.57 Å². The van der Waals surface area contributed by atoms with Crippen LogP contribution in [0.25, 0.3) is 0 Å². The summed E-state index contributed by atoms with van der Waals surface area (Å²) < 4.78 is 19.1. The molecule has 0 spiro atoms. The van der Waals surface area contributed by atoms with Gasteiger partial charge in [-0.3, -0.25) is 0 Å². The van der Waals surface area contributed by atoms with E-state index in [2.05, 4.69) is 6.07 Å². The number of nitrogens with zero attached hydrogens (tertiary/aromatic N) is 1. The van der Waals surface area contributed by atoms with Gasteiger partial charge in [0.1, 0.15) is 0 Å². The Bertz CT molecular complexity index is 807. The average Bonchev–Trinajstić information content (AvgIpc) is 3.03. The number of thioether (sulfide) groups is 2. The van der Waals surface area contributed by atoms with E-state index in [1.807, 2.05) is 49.5 Å². The van der Waals surface area contributed by atoms with Crippen molar-refractivity contribution in [3.63, 3.8) is 0 Å². The van der Waals surface area contributed by atoms with Crippen LogP contribution in [-0.4, -0.2) is 24.4 Å². The maximum Gasteiger partial charge on any atom is 0.246 e. The Labute approximate surface area is 169 Å². The van der Waals surface area contributed by atoms with Crippen molar-refractivity contribution in [2.75, 3.05) is 18.6 Å². The summed E-state index contributed by atoms with van der Waals surface area (Å²) in [5.41, 5.74) is 1.95. The molecular weight excluding hydrogens is 378 g/mol. The lowest BCUT2D eigenvalue weighted by Crippen LogP contribution is -2.31. The molecular formula is C21H25NO3S2. The summed E-state index contributed by atoms with van der Waals surface area (Å²) in [7, 11) is 1.63. The minimum Gasteiger partial charge on any atom is -0.493 e. The van der Waals surface area contributed by atoms with Gasteiger partial charge in [-0.25, -0.2) is 0 Å². The molecule has 0 N–H and O–H groups in total. The third kappa shape index (κ3) is 3.40. The highest BCUT2D eigenvalue weighted by molar-refractivity contribution is 8.22. The second-order valence-electron chi connectivity index (χ2n) is 7.71. The highest BCUT2D eigenvalue weighted by atomic mass is 32.2. The zero-order valence-electron chi connectivity index (χ0n) is 16.1. The largest absolute Gasteiger partial charge is 0.493 e. The van der Waals surface area contributed by atoms with Crippen LogP contribution < -0.4 is 14.2 Å². The summed E-state index contributed by atoms with van der Waals surface area (Å²) in [6.07, 6.45) is 4.90. The van der Waals surface area contributed by atoms with Gasteiger partial charge in [-0.15, -0.1) is 23.5 Å². The summed E-state index contributed by atoms with van der Waals surface area (Å²) in [4.78, 5) is 0. The quantitative estimate of drug-likeness (QED) is 0.639. The first-order valence-corrected chi connectivity index (χ1v) is 11.4. The first-order chi connectivity index (χ1) is 13.0. The van der Waals surface area contributed by atoms with Crippen LogP contribution in [0.2, 0.25) is 0 Å². The molecule has 1 aromatic carbocycles. The molecule has 2 fully saturated rings. The minimum atomic E-state index is -0.750. The fraction of sp³-hybridized carbons (Fsp3) is 0.571. The number of hydrogen-bond acceptors (Lipinski definition) is 6. The second-order valence-corrected chi connectivity index (χ2v) is 10.2. The fourth-order valence-corrected chi connectivity index (χ4v) is 6.83. The maximum absolute atomic E-state index is 10.2. The smallest absolute Gasteiger partial charge is 0.246 e. The molecule has 3 aliphatic rings. The molecule has 0 radical (unpaired) electrons. The van der Waals surface area contributed by atoms with Crippen molar-refractivity contribution in [1.82, 2.24) is 0 Å². The van der Waals surface area contributed by atoms with E-state index in [-0.39, 0.29) is 0 Å². The molecule has 1 aliphatic carbocycles. The molecule has 2 aliphatic heterocycles. The number of hydrogen-bond donors (Lipinski definition) is 0. The molecule has 2 heterocycles. The van der Waals surface area contributed by atoms with Crippen LogP contribution in [0.3, 0.4) is 0 Å². The van der Waals surface area contributed by atoms with Gasteiger partial charge in [0.25, 0.3) is 0 Å². The van der Waals surface area contributed by atoms with E-state index in [1.165, 1.54) is 22.2 Å². The van der Waals surface area contributed by atoms with Gasteiger partial charge in [-0.05, 0) is 55.7 Å². The van der Waals surface area contributed by atoms with E-state index in [0.29, 0.717) is 17.2 Å². The van der Waals surface area contributed by atoms with Crippen LogP contribution >= 0.6 is 23.5 Å². The van der Waals surface area contributed by atoms with Crippen molar-refractivity contribution in [3.05, 3.63) is 27.5 Å². The number of allylic oxidation sites excluding steroid dienone is 1. The topological polar surface area (TPSA) is 51.5 Å². The van der Waals surface area contributed by atoms with Gasteiger partial charge in [0.2, 0.25) is 11.5 Å². The average molecular weight is 404 g/mol. The minimum absolute atomic E-state index is 0.534. The summed E-state index contributed by atoms with van der Waals surface area (Å²) >= 11 is 3.99. The van der Waals surface area contributed by atoms with Gasteiger partial charge in [0.05, 0.1) is 18.6 Å². The van der Waals surface area contributed by atoms with E-state index in [0.717, 1.165) is 31.2 Å². The van der Waals surface area contributed by atoms with Crippen LogP contribution in [0, 0.1) is 11.3 Å². The van der Waals surface area contributed by atoms with E-state index in [1.54, 1.807) is 12.7 Å². The molecule has 0 unspecified atom stereocenters. The Morgan fingerprint density at radius 3 is 2.37 bits per heavy atom. The van der Waals surface area contributed by atoms with Gasteiger partial charge < -0.3 is 14.2 Å². The molecule has 144 valence electrons. The van der Waals surface area contributed by atoms with Crippen molar-refractivity contribution in [2.24, 2.45) is 0 Å². The molecule has 27 heavy (non-hydrogen) atoms. The first kappa shape index (κ1) is 18.9. The summed E-state index contributed by atoms with van der Waals surface area (Å²) in [5, 5.41) is 10.2. The molecule has 1 saturated carbocycles. The number of nitriles is 1. The standard InChI is InChI=1S/C21H25NO3S2/c1-20(2)24-17-15(5-6-16(23-3)18(17)25-20)21(13-22)9-7-14(8-10-21)19-26-11-4-12-27-19/h5-6H,4,7-12H2,1-3H3. The van der Waals surface area contributed by atoms with Crippen molar-refractivity contribution >= 4 is 23.5 Å². The highest BCUT2D eigenvalue weighted by Gasteiger charge is 2.44. The Hall–Kier alpha value is -1.45. The van der Waals surface area contributed by atoms with Crippen molar-refractivity contribution < 1.29 is 14.2 Å². The molecule has 0 amide bonds. The summed E-state index contributed by atoms with van der Waals surface area (Å²) in [6.45, 7) is 3.77. The van der Waals surface area contributed by atoms with Crippen molar-refractivity contribution in [2.45, 2.75) is 57.2 Å². The predicted molar refractivity (Wildman–Crippen MR) is 111 cm³/mol. The summed E-state index contributed by atoms with van der Waals surface area (Å²) in [6, 6.07) is 6.53. The predicted octanol–water partition coefficient (Wildman–Crippen LogP) is 5.62. The zero-order valence-corrected chi connectivity index (χ0v) is 17.7. The van der Waals surface area contributed by atoms with E-state index < -0.39 is 11.2 Å². The Balaban J connectivity index is 1.67. The lowest BCUT2D eigenvalue weighted by atomic mass is 9.69. The Morgan fingerprint density at radius 1 is 1.07 bits per heavy atom. The third-order valence-electron chi connectivity index (χ3n) is 5.47. The zero-order chi connectivity index (χ0) is 19.1. The van der Waals surface area contributed by atoms with E-state index >= 15 is 0 Å². The fourth-order valence-electron chi connectivity index (χ4n) is 4.05. The normalized spacial score (nSPS) is 26.6. The van der Waals surface area contributed by atoms with Gasteiger partial charge >= 0.3 is 0 Å². The van der Waals surface area contributed by atoms with Crippen LogP contribution in [0.15, 0.2) is 21.9 Å². The van der Waals surface area contributed by atoms with Crippen LogP contribution in [0.1, 0.15) is 51.5 Å². The number of benzene rings is 1. The van der Waals surface area contributed by atoms with Gasteiger partial charge in [0.15, 0.2) is 11.5 Å². The highest BCUT2D eigenvalue weighted by Crippen LogP contribution is 2.55. The SMILES string of the molecule is COc1ccc(C2(C#N)CCC(=C3SCCCS3)CC2)c2c1OC(C)(C)O2. The molecule has 6 heteroatoms. The Kier molecular flexibility index (Phi) is 5.02. The van der Waals surface area contributed by atoms with Crippen molar-refractivity contribution in [1.29, 1.82) is 5.26 Å². The molecule has 4 nitrogen and oxygen atoms in total.